The van der Waals surface area contributed by atoms with E-state index in [0.29, 0.717) is 11.0 Å². The zero-order chi connectivity index (χ0) is 20.9. The maximum atomic E-state index is 12.5. The van der Waals surface area contributed by atoms with E-state index in [1.165, 1.54) is 11.3 Å². The van der Waals surface area contributed by atoms with Crippen LogP contribution < -0.4 is 5.32 Å². The molecule has 0 aliphatic heterocycles. The third kappa shape index (κ3) is 4.41. The Balaban J connectivity index is 1.53. The largest absolute Gasteiger partial charge is 0.450 e. The monoisotopic (exact) mass is 419 g/mol. The molecule has 0 saturated carbocycles. The number of esters is 1. The highest BCUT2D eigenvalue weighted by molar-refractivity contribution is 7.13. The first kappa shape index (κ1) is 19.5. The number of nitrogens with one attached hydrogen (secondary N) is 1. The van der Waals surface area contributed by atoms with Gasteiger partial charge in [0.05, 0.1) is 11.4 Å². The van der Waals surface area contributed by atoms with E-state index in [2.05, 4.69) is 20.4 Å². The zero-order valence-corrected chi connectivity index (χ0v) is 16.8. The molecule has 0 saturated heterocycles. The molecule has 2 aromatic heterocycles. The van der Waals surface area contributed by atoms with Crippen LogP contribution in [0, 0.1) is 6.92 Å². The summed E-state index contributed by atoms with van der Waals surface area (Å²) >= 11 is 1.30. The molecule has 0 unspecified atom stereocenters. The average Bonchev–Trinajstić information content (AvgIpc) is 3.40. The molecule has 4 rings (SSSR count). The van der Waals surface area contributed by atoms with Crippen molar-refractivity contribution >= 4 is 28.3 Å². The lowest BCUT2D eigenvalue weighted by Gasteiger charge is -2.05. The lowest BCUT2D eigenvalue weighted by Crippen LogP contribution is -2.21. The van der Waals surface area contributed by atoms with Gasteiger partial charge >= 0.3 is 5.97 Å². The number of aromatic nitrogens is 4. The number of rotatable bonds is 6. The molecular formula is C21H17N5O3S. The first-order chi connectivity index (χ1) is 14.6. The maximum Gasteiger partial charge on any atom is 0.378 e. The van der Waals surface area contributed by atoms with Crippen molar-refractivity contribution in [3.05, 3.63) is 77.6 Å². The van der Waals surface area contributed by atoms with Crippen molar-refractivity contribution in [3.63, 3.8) is 0 Å². The lowest BCUT2D eigenvalue weighted by molar-refractivity contribution is -0.119. The zero-order valence-electron chi connectivity index (χ0n) is 16.0. The summed E-state index contributed by atoms with van der Waals surface area (Å²) in [6.07, 6.45) is 0. The van der Waals surface area contributed by atoms with E-state index < -0.39 is 18.5 Å². The number of hydrogen-bond donors (Lipinski definition) is 1. The molecule has 0 spiro atoms. The van der Waals surface area contributed by atoms with Crippen LogP contribution in [-0.2, 0) is 9.53 Å². The molecule has 2 aromatic carbocycles. The van der Waals surface area contributed by atoms with Crippen molar-refractivity contribution in [3.8, 4) is 17.1 Å². The van der Waals surface area contributed by atoms with Gasteiger partial charge in [-0.05, 0) is 19.1 Å². The quantitative estimate of drug-likeness (QED) is 0.480. The van der Waals surface area contributed by atoms with Crippen LogP contribution in [0.15, 0.2) is 66.0 Å². The van der Waals surface area contributed by atoms with Crippen molar-refractivity contribution in [1.29, 1.82) is 0 Å². The molecule has 0 fully saturated rings. The van der Waals surface area contributed by atoms with Crippen molar-refractivity contribution in [2.24, 2.45) is 0 Å². The Morgan fingerprint density at radius 1 is 1.03 bits per heavy atom. The predicted molar refractivity (Wildman–Crippen MR) is 113 cm³/mol. The van der Waals surface area contributed by atoms with Crippen LogP contribution in [0.2, 0.25) is 0 Å². The average molecular weight is 419 g/mol. The highest BCUT2D eigenvalue weighted by Crippen LogP contribution is 2.21. The van der Waals surface area contributed by atoms with E-state index in [1.54, 1.807) is 4.68 Å². The van der Waals surface area contributed by atoms with Gasteiger partial charge in [0.15, 0.2) is 17.6 Å². The Bertz CT molecular complexity index is 1110. The minimum atomic E-state index is -0.785. The molecule has 30 heavy (non-hydrogen) atoms. The highest BCUT2D eigenvalue weighted by Gasteiger charge is 2.21. The van der Waals surface area contributed by atoms with E-state index in [-0.39, 0.29) is 5.82 Å². The topological polar surface area (TPSA) is 99.0 Å². The Morgan fingerprint density at radius 2 is 1.73 bits per heavy atom. The standard InChI is InChI=1S/C21H17N5O3S/c1-14-13-30-21(22-14)23-17(27)12-29-20(28)18-24-19(15-8-4-2-5-9-15)26(25-18)16-10-6-3-7-11-16/h2-11,13H,12H2,1H3,(H,22,23,27). The fraction of sp³-hybridized carbons (Fsp3) is 0.0952. The van der Waals surface area contributed by atoms with Crippen LogP contribution in [0.25, 0.3) is 17.1 Å². The number of carbonyl (C=O) groups is 2. The number of hydrogen-bond acceptors (Lipinski definition) is 7. The van der Waals surface area contributed by atoms with E-state index in [4.69, 9.17) is 4.74 Å². The summed E-state index contributed by atoms with van der Waals surface area (Å²) in [4.78, 5) is 33.0. The van der Waals surface area contributed by atoms with Gasteiger partial charge in [-0.15, -0.1) is 16.4 Å². The van der Waals surface area contributed by atoms with Crippen molar-refractivity contribution in [1.82, 2.24) is 19.7 Å². The van der Waals surface area contributed by atoms with Crippen LogP contribution in [0.3, 0.4) is 0 Å². The molecular weight excluding hydrogens is 402 g/mol. The highest BCUT2D eigenvalue weighted by atomic mass is 32.1. The van der Waals surface area contributed by atoms with Crippen LogP contribution in [-0.4, -0.2) is 38.2 Å². The van der Waals surface area contributed by atoms with Crippen LogP contribution in [0.4, 0.5) is 5.13 Å². The van der Waals surface area contributed by atoms with E-state index >= 15 is 0 Å². The Hall–Kier alpha value is -3.85. The van der Waals surface area contributed by atoms with Crippen molar-refractivity contribution in [2.45, 2.75) is 6.92 Å². The molecule has 9 heteroatoms. The number of para-hydroxylation sites is 1. The molecule has 0 bridgehead atoms. The Kier molecular flexibility index (Phi) is 5.62. The normalized spacial score (nSPS) is 10.6. The number of aryl methyl sites for hydroxylation is 1. The Morgan fingerprint density at radius 3 is 2.40 bits per heavy atom. The van der Waals surface area contributed by atoms with Gasteiger partial charge in [0, 0.05) is 10.9 Å². The fourth-order valence-electron chi connectivity index (χ4n) is 2.68. The molecule has 1 amide bonds. The summed E-state index contributed by atoms with van der Waals surface area (Å²) in [6.45, 7) is 1.36. The summed E-state index contributed by atoms with van der Waals surface area (Å²) in [5.41, 5.74) is 2.35. The summed E-state index contributed by atoms with van der Waals surface area (Å²) in [6, 6.07) is 18.8. The minimum Gasteiger partial charge on any atom is -0.450 e. The molecule has 150 valence electrons. The molecule has 1 N–H and O–H groups in total. The van der Waals surface area contributed by atoms with Gasteiger partial charge in [-0.3, -0.25) is 10.1 Å². The predicted octanol–water partition coefficient (Wildman–Crippen LogP) is 3.49. The maximum absolute atomic E-state index is 12.5. The van der Waals surface area contributed by atoms with Crippen molar-refractivity contribution < 1.29 is 14.3 Å². The van der Waals surface area contributed by atoms with Gasteiger partial charge in [0.1, 0.15) is 0 Å². The smallest absolute Gasteiger partial charge is 0.378 e. The van der Waals surface area contributed by atoms with Gasteiger partial charge in [0.25, 0.3) is 11.7 Å². The number of carbonyl (C=O) groups excluding carboxylic acids is 2. The van der Waals surface area contributed by atoms with Gasteiger partial charge in [-0.25, -0.2) is 19.4 Å². The molecule has 8 nitrogen and oxygen atoms in total. The molecule has 0 atom stereocenters. The van der Waals surface area contributed by atoms with E-state index in [1.807, 2.05) is 73.0 Å². The number of nitrogens with zero attached hydrogens (tertiary/aromatic N) is 4. The summed E-state index contributed by atoms with van der Waals surface area (Å²) in [7, 11) is 0. The number of anilines is 1. The molecule has 4 aromatic rings. The Labute approximate surface area is 176 Å². The van der Waals surface area contributed by atoms with E-state index in [9.17, 15) is 9.59 Å². The number of thiazole rings is 1. The molecule has 0 radical (unpaired) electrons. The third-order valence-electron chi connectivity index (χ3n) is 4.02. The second-order valence-corrected chi connectivity index (χ2v) is 7.15. The van der Waals surface area contributed by atoms with Gasteiger partial charge < -0.3 is 4.74 Å². The number of ether oxygens (including phenoxy) is 1. The SMILES string of the molecule is Cc1csc(NC(=O)COC(=O)c2nc(-c3ccccc3)n(-c3ccccc3)n2)n1. The van der Waals surface area contributed by atoms with Crippen molar-refractivity contribution in [2.75, 3.05) is 11.9 Å². The second-order valence-electron chi connectivity index (χ2n) is 6.29. The second kappa shape index (κ2) is 8.66. The molecule has 0 aliphatic carbocycles. The fourth-order valence-corrected chi connectivity index (χ4v) is 3.39. The van der Waals surface area contributed by atoms with Gasteiger partial charge in [0.2, 0.25) is 0 Å². The van der Waals surface area contributed by atoms with Gasteiger partial charge in [-0.1, -0.05) is 48.5 Å². The van der Waals surface area contributed by atoms with Gasteiger partial charge in [-0.2, -0.15) is 0 Å². The number of benzene rings is 2. The third-order valence-corrected chi connectivity index (χ3v) is 4.90. The molecule has 0 aliphatic rings. The van der Waals surface area contributed by atoms with Crippen LogP contribution >= 0.6 is 11.3 Å². The first-order valence-electron chi connectivity index (χ1n) is 9.07. The van der Waals surface area contributed by atoms with E-state index in [0.717, 1.165) is 16.9 Å². The summed E-state index contributed by atoms with van der Waals surface area (Å²) in [5.74, 6) is -0.900. The summed E-state index contributed by atoms with van der Waals surface area (Å²) in [5, 5.41) is 9.16. The van der Waals surface area contributed by atoms with Crippen LogP contribution in [0.5, 0.6) is 0 Å². The number of amides is 1. The van der Waals surface area contributed by atoms with Crippen LogP contribution in [0.1, 0.15) is 16.3 Å². The molecule has 2 heterocycles. The minimum absolute atomic E-state index is 0.129. The lowest BCUT2D eigenvalue weighted by atomic mass is 10.2. The first-order valence-corrected chi connectivity index (χ1v) is 9.95. The summed E-state index contributed by atoms with van der Waals surface area (Å²) < 4.78 is 6.67.